The van der Waals surface area contributed by atoms with E-state index in [-0.39, 0.29) is 0 Å². The van der Waals surface area contributed by atoms with E-state index in [9.17, 15) is 0 Å². The lowest BCUT2D eigenvalue weighted by Gasteiger charge is -2.10. The first-order chi connectivity index (χ1) is 8.70. The number of anilines is 1. The maximum atomic E-state index is 6.03. The highest BCUT2D eigenvalue weighted by atomic mass is 79.9. The van der Waals surface area contributed by atoms with Crippen LogP contribution >= 0.6 is 27.5 Å². The molecule has 0 aliphatic rings. The van der Waals surface area contributed by atoms with Gasteiger partial charge >= 0.3 is 0 Å². The quantitative estimate of drug-likeness (QED) is 0.877. The molecule has 0 radical (unpaired) electrons. The summed E-state index contributed by atoms with van der Waals surface area (Å²) >= 11 is 9.49. The molecule has 0 amide bonds. The third kappa shape index (κ3) is 3.18. The van der Waals surface area contributed by atoms with Crippen molar-refractivity contribution in [2.24, 2.45) is 0 Å². The molecule has 0 aliphatic carbocycles. The van der Waals surface area contributed by atoms with Crippen LogP contribution in [0.15, 0.2) is 46.9 Å². The average molecular weight is 327 g/mol. The first-order valence-electron chi connectivity index (χ1n) is 5.51. The Morgan fingerprint density at radius 3 is 2.56 bits per heavy atom. The van der Waals surface area contributed by atoms with Crippen LogP contribution < -0.4 is 10.1 Å². The van der Waals surface area contributed by atoms with E-state index in [2.05, 4.69) is 21.2 Å². The van der Waals surface area contributed by atoms with Gasteiger partial charge in [0.1, 0.15) is 5.75 Å². The van der Waals surface area contributed by atoms with Crippen molar-refractivity contribution in [3.05, 3.63) is 57.5 Å². The number of ether oxygens (including phenoxy) is 1. The van der Waals surface area contributed by atoms with Gasteiger partial charge < -0.3 is 10.1 Å². The van der Waals surface area contributed by atoms with Gasteiger partial charge in [0.25, 0.3) is 0 Å². The molecule has 1 N–H and O–H groups in total. The van der Waals surface area contributed by atoms with Crippen molar-refractivity contribution in [2.75, 3.05) is 12.4 Å². The second-order valence-electron chi connectivity index (χ2n) is 3.80. The average Bonchev–Trinajstić information content (AvgIpc) is 2.41. The summed E-state index contributed by atoms with van der Waals surface area (Å²) in [7, 11) is 1.66. The van der Waals surface area contributed by atoms with E-state index in [0.717, 1.165) is 22.5 Å². The standard InChI is InChI=1S/C14H13BrClNO/c1-18-11-7-5-10(6-8-11)9-17-13-4-2-3-12(16)14(13)15/h2-8,17H,9H2,1H3. The minimum atomic E-state index is 0.703. The van der Waals surface area contributed by atoms with Gasteiger partial charge in [-0.05, 0) is 45.8 Å². The Morgan fingerprint density at radius 1 is 1.17 bits per heavy atom. The Morgan fingerprint density at radius 2 is 1.89 bits per heavy atom. The summed E-state index contributed by atoms with van der Waals surface area (Å²) in [6.07, 6.45) is 0. The van der Waals surface area contributed by atoms with Crippen LogP contribution in [0, 0.1) is 0 Å². The smallest absolute Gasteiger partial charge is 0.118 e. The molecule has 0 saturated heterocycles. The molecule has 2 rings (SSSR count). The molecule has 4 heteroatoms. The molecule has 0 aromatic heterocycles. The van der Waals surface area contributed by atoms with Crippen molar-refractivity contribution in [1.82, 2.24) is 0 Å². The van der Waals surface area contributed by atoms with Gasteiger partial charge in [-0.3, -0.25) is 0 Å². The van der Waals surface area contributed by atoms with Gasteiger partial charge in [0.2, 0.25) is 0 Å². The maximum absolute atomic E-state index is 6.03. The van der Waals surface area contributed by atoms with E-state index in [4.69, 9.17) is 16.3 Å². The fourth-order valence-electron chi connectivity index (χ4n) is 1.58. The second-order valence-corrected chi connectivity index (χ2v) is 5.00. The lowest BCUT2D eigenvalue weighted by atomic mass is 10.2. The molecule has 0 aliphatic heterocycles. The van der Waals surface area contributed by atoms with Gasteiger partial charge in [0, 0.05) is 6.54 Å². The normalized spacial score (nSPS) is 10.2. The van der Waals surface area contributed by atoms with Crippen molar-refractivity contribution in [1.29, 1.82) is 0 Å². The molecule has 0 saturated carbocycles. The summed E-state index contributed by atoms with van der Waals surface area (Å²) in [5.74, 6) is 0.864. The van der Waals surface area contributed by atoms with Gasteiger partial charge in [-0.15, -0.1) is 0 Å². The Kier molecular flexibility index (Phi) is 4.50. The largest absolute Gasteiger partial charge is 0.497 e. The monoisotopic (exact) mass is 325 g/mol. The van der Waals surface area contributed by atoms with Crippen molar-refractivity contribution in [2.45, 2.75) is 6.54 Å². The Hall–Kier alpha value is -1.19. The van der Waals surface area contributed by atoms with E-state index in [1.54, 1.807) is 7.11 Å². The molecular weight excluding hydrogens is 314 g/mol. The zero-order chi connectivity index (χ0) is 13.0. The van der Waals surface area contributed by atoms with E-state index in [1.807, 2.05) is 42.5 Å². The first kappa shape index (κ1) is 13.2. The molecule has 0 atom stereocenters. The molecule has 0 heterocycles. The molecule has 0 unspecified atom stereocenters. The molecule has 18 heavy (non-hydrogen) atoms. The number of rotatable bonds is 4. The number of methoxy groups -OCH3 is 1. The molecule has 2 nitrogen and oxygen atoms in total. The zero-order valence-corrected chi connectivity index (χ0v) is 12.3. The Balaban J connectivity index is 2.04. The van der Waals surface area contributed by atoms with Crippen LogP contribution in [0.3, 0.4) is 0 Å². The fraction of sp³-hybridized carbons (Fsp3) is 0.143. The van der Waals surface area contributed by atoms with Crippen LogP contribution in [-0.4, -0.2) is 7.11 Å². The van der Waals surface area contributed by atoms with Crippen LogP contribution in [-0.2, 0) is 6.54 Å². The van der Waals surface area contributed by atoms with Crippen molar-refractivity contribution in [3.8, 4) is 5.75 Å². The third-order valence-corrected chi connectivity index (χ3v) is 3.99. The van der Waals surface area contributed by atoms with Crippen LogP contribution in [0.1, 0.15) is 5.56 Å². The number of benzene rings is 2. The highest BCUT2D eigenvalue weighted by molar-refractivity contribution is 9.10. The van der Waals surface area contributed by atoms with Crippen LogP contribution in [0.5, 0.6) is 5.75 Å². The van der Waals surface area contributed by atoms with Gasteiger partial charge in [-0.2, -0.15) is 0 Å². The molecular formula is C14H13BrClNO. The maximum Gasteiger partial charge on any atom is 0.118 e. The predicted octanol–water partition coefficient (Wildman–Crippen LogP) is 4.72. The number of hydrogen-bond acceptors (Lipinski definition) is 2. The molecule has 0 spiro atoms. The SMILES string of the molecule is COc1ccc(CNc2cccc(Cl)c2Br)cc1. The summed E-state index contributed by atoms with van der Waals surface area (Å²) in [5.41, 5.74) is 2.17. The molecule has 94 valence electrons. The van der Waals surface area contributed by atoms with Gasteiger partial charge in [-0.1, -0.05) is 29.8 Å². The van der Waals surface area contributed by atoms with Crippen molar-refractivity contribution < 1.29 is 4.74 Å². The Labute approximate surface area is 120 Å². The number of hydrogen-bond donors (Lipinski definition) is 1. The van der Waals surface area contributed by atoms with E-state index >= 15 is 0 Å². The summed E-state index contributed by atoms with van der Waals surface area (Å²) in [5, 5.41) is 4.04. The lowest BCUT2D eigenvalue weighted by Crippen LogP contribution is -2.00. The van der Waals surface area contributed by atoms with Gasteiger partial charge in [-0.25, -0.2) is 0 Å². The molecule has 2 aromatic rings. The van der Waals surface area contributed by atoms with E-state index in [1.165, 1.54) is 5.56 Å². The topological polar surface area (TPSA) is 21.3 Å². The Bertz CT molecular complexity index is 528. The highest BCUT2D eigenvalue weighted by Gasteiger charge is 2.03. The summed E-state index contributed by atoms with van der Waals surface area (Å²) in [4.78, 5) is 0. The fourth-order valence-corrected chi connectivity index (χ4v) is 2.16. The van der Waals surface area contributed by atoms with Gasteiger partial charge in [0.05, 0.1) is 22.3 Å². The van der Waals surface area contributed by atoms with Crippen LogP contribution in [0.2, 0.25) is 5.02 Å². The minimum Gasteiger partial charge on any atom is -0.497 e. The molecule has 2 aromatic carbocycles. The molecule has 0 bridgehead atoms. The van der Waals surface area contributed by atoms with E-state index in [0.29, 0.717) is 5.02 Å². The number of halogens is 2. The zero-order valence-electron chi connectivity index (χ0n) is 9.91. The predicted molar refractivity (Wildman–Crippen MR) is 79.5 cm³/mol. The van der Waals surface area contributed by atoms with Crippen molar-refractivity contribution in [3.63, 3.8) is 0 Å². The summed E-state index contributed by atoms with van der Waals surface area (Å²) < 4.78 is 6.01. The van der Waals surface area contributed by atoms with E-state index < -0.39 is 0 Å². The van der Waals surface area contributed by atoms with Gasteiger partial charge in [0.15, 0.2) is 0 Å². The van der Waals surface area contributed by atoms with Crippen LogP contribution in [0.4, 0.5) is 5.69 Å². The summed E-state index contributed by atoms with van der Waals surface area (Å²) in [6, 6.07) is 13.7. The summed E-state index contributed by atoms with van der Waals surface area (Å²) in [6.45, 7) is 0.739. The first-order valence-corrected chi connectivity index (χ1v) is 6.68. The molecule has 0 fully saturated rings. The van der Waals surface area contributed by atoms with Crippen LogP contribution in [0.25, 0.3) is 0 Å². The highest BCUT2D eigenvalue weighted by Crippen LogP contribution is 2.30. The second kappa shape index (κ2) is 6.12. The number of nitrogens with one attached hydrogen (secondary N) is 1. The van der Waals surface area contributed by atoms with Crippen molar-refractivity contribution >= 4 is 33.2 Å². The minimum absolute atomic E-state index is 0.703. The lowest BCUT2D eigenvalue weighted by molar-refractivity contribution is 0.414. The third-order valence-electron chi connectivity index (χ3n) is 2.59.